The standard InChI is InChI=1S/C10H10BrN3O2/c11-8-3-1-2-7(4-12)10(8)15-5-9-13-6-16-14-9/h1-3,6H,4-5,12H2. The highest BCUT2D eigenvalue weighted by Crippen LogP contribution is 2.29. The van der Waals surface area contributed by atoms with Crippen molar-refractivity contribution in [2.24, 2.45) is 5.73 Å². The molecule has 1 aromatic heterocycles. The lowest BCUT2D eigenvalue weighted by Crippen LogP contribution is -2.04. The van der Waals surface area contributed by atoms with Gasteiger partial charge in [0.2, 0.25) is 12.2 Å². The van der Waals surface area contributed by atoms with Crippen LogP contribution in [0.15, 0.2) is 33.6 Å². The van der Waals surface area contributed by atoms with Gasteiger partial charge in [-0.25, -0.2) is 0 Å². The Hall–Kier alpha value is -1.40. The van der Waals surface area contributed by atoms with Crippen molar-refractivity contribution in [3.63, 3.8) is 0 Å². The monoisotopic (exact) mass is 283 g/mol. The van der Waals surface area contributed by atoms with Gasteiger partial charge in [0.15, 0.2) is 6.61 Å². The molecule has 0 aliphatic carbocycles. The minimum Gasteiger partial charge on any atom is -0.484 e. The van der Waals surface area contributed by atoms with Crippen LogP contribution in [0.2, 0.25) is 0 Å². The van der Waals surface area contributed by atoms with Crippen LogP contribution in [0.5, 0.6) is 5.75 Å². The highest BCUT2D eigenvalue weighted by molar-refractivity contribution is 9.10. The zero-order chi connectivity index (χ0) is 11.4. The molecular formula is C10H10BrN3O2. The molecule has 0 amide bonds. The summed E-state index contributed by atoms with van der Waals surface area (Å²) in [6.07, 6.45) is 1.27. The van der Waals surface area contributed by atoms with Crippen LogP contribution in [0.1, 0.15) is 11.4 Å². The van der Waals surface area contributed by atoms with Crippen molar-refractivity contribution in [3.8, 4) is 5.75 Å². The van der Waals surface area contributed by atoms with E-state index in [1.807, 2.05) is 18.2 Å². The quantitative estimate of drug-likeness (QED) is 0.927. The van der Waals surface area contributed by atoms with Crippen molar-refractivity contribution in [2.75, 3.05) is 0 Å². The van der Waals surface area contributed by atoms with Crippen LogP contribution in [-0.4, -0.2) is 10.1 Å². The summed E-state index contributed by atoms with van der Waals surface area (Å²) in [5, 5.41) is 3.66. The number of benzene rings is 1. The summed E-state index contributed by atoms with van der Waals surface area (Å²) in [4.78, 5) is 3.87. The number of hydrogen-bond acceptors (Lipinski definition) is 5. The fourth-order valence-corrected chi connectivity index (χ4v) is 1.79. The number of para-hydroxylation sites is 1. The molecule has 0 bridgehead atoms. The van der Waals surface area contributed by atoms with Crippen LogP contribution in [0.4, 0.5) is 0 Å². The Morgan fingerprint density at radius 2 is 2.31 bits per heavy atom. The molecule has 16 heavy (non-hydrogen) atoms. The third-order valence-electron chi connectivity index (χ3n) is 2.02. The van der Waals surface area contributed by atoms with Crippen LogP contribution in [0, 0.1) is 0 Å². The van der Waals surface area contributed by atoms with E-state index < -0.39 is 0 Å². The van der Waals surface area contributed by atoms with Gasteiger partial charge in [-0.2, -0.15) is 4.98 Å². The molecule has 0 spiro atoms. The smallest absolute Gasteiger partial charge is 0.213 e. The van der Waals surface area contributed by atoms with E-state index in [2.05, 4.69) is 30.6 Å². The van der Waals surface area contributed by atoms with E-state index >= 15 is 0 Å². The Morgan fingerprint density at radius 1 is 1.44 bits per heavy atom. The van der Waals surface area contributed by atoms with Gasteiger partial charge in [-0.15, -0.1) is 0 Å². The van der Waals surface area contributed by atoms with E-state index in [-0.39, 0.29) is 6.61 Å². The maximum absolute atomic E-state index is 5.62. The van der Waals surface area contributed by atoms with Crippen LogP contribution >= 0.6 is 15.9 Å². The number of aromatic nitrogens is 2. The molecule has 0 unspecified atom stereocenters. The number of halogens is 1. The summed E-state index contributed by atoms with van der Waals surface area (Å²) < 4.78 is 11.1. The highest BCUT2D eigenvalue weighted by Gasteiger charge is 2.08. The molecule has 1 aromatic carbocycles. The molecule has 0 saturated heterocycles. The molecule has 2 rings (SSSR count). The van der Waals surface area contributed by atoms with Crippen molar-refractivity contribution in [1.29, 1.82) is 0 Å². The van der Waals surface area contributed by atoms with Gasteiger partial charge in [0.25, 0.3) is 0 Å². The normalized spacial score (nSPS) is 10.4. The Bertz CT molecular complexity index is 459. The van der Waals surface area contributed by atoms with E-state index in [1.165, 1.54) is 6.39 Å². The molecule has 0 fully saturated rings. The molecule has 1 heterocycles. The van der Waals surface area contributed by atoms with Crippen molar-refractivity contribution in [3.05, 3.63) is 40.5 Å². The first kappa shape index (κ1) is 11.1. The van der Waals surface area contributed by atoms with Gasteiger partial charge < -0.3 is 15.0 Å². The third kappa shape index (κ3) is 2.40. The minimum absolute atomic E-state index is 0.256. The molecule has 0 aliphatic rings. The summed E-state index contributed by atoms with van der Waals surface area (Å²) in [5.41, 5.74) is 6.55. The first-order chi connectivity index (χ1) is 7.81. The van der Waals surface area contributed by atoms with Crippen LogP contribution in [0.3, 0.4) is 0 Å². The van der Waals surface area contributed by atoms with Crippen LogP contribution in [0.25, 0.3) is 0 Å². The Kier molecular flexibility index (Phi) is 3.53. The van der Waals surface area contributed by atoms with Gasteiger partial charge in [0.05, 0.1) is 4.47 Å². The molecule has 0 saturated carbocycles. The Balaban J connectivity index is 2.14. The van der Waals surface area contributed by atoms with Crippen molar-refractivity contribution >= 4 is 15.9 Å². The molecule has 84 valence electrons. The fraction of sp³-hybridized carbons (Fsp3) is 0.200. The SMILES string of the molecule is NCc1cccc(Br)c1OCc1ncon1. The number of hydrogen-bond donors (Lipinski definition) is 1. The number of rotatable bonds is 4. The Morgan fingerprint density at radius 3 is 3.00 bits per heavy atom. The number of nitrogens with zero attached hydrogens (tertiary/aromatic N) is 2. The first-order valence-corrected chi connectivity index (χ1v) is 5.46. The lowest BCUT2D eigenvalue weighted by Gasteiger charge is -2.10. The lowest BCUT2D eigenvalue weighted by molar-refractivity contribution is 0.282. The predicted octanol–water partition coefficient (Wildman–Crippen LogP) is 1.87. The maximum atomic E-state index is 5.62. The largest absolute Gasteiger partial charge is 0.484 e. The highest BCUT2D eigenvalue weighted by atomic mass is 79.9. The average molecular weight is 284 g/mol. The fourth-order valence-electron chi connectivity index (χ4n) is 1.27. The summed E-state index contributed by atoms with van der Waals surface area (Å²) >= 11 is 3.41. The second-order valence-electron chi connectivity index (χ2n) is 3.07. The first-order valence-electron chi connectivity index (χ1n) is 4.66. The molecule has 6 heteroatoms. The van der Waals surface area contributed by atoms with Gasteiger partial charge in [-0.1, -0.05) is 17.3 Å². The van der Waals surface area contributed by atoms with Crippen molar-refractivity contribution < 1.29 is 9.26 Å². The minimum atomic E-state index is 0.256. The third-order valence-corrected chi connectivity index (χ3v) is 2.65. The van der Waals surface area contributed by atoms with Gasteiger partial charge in [-0.05, 0) is 22.0 Å². The molecule has 0 atom stereocenters. The lowest BCUT2D eigenvalue weighted by atomic mass is 10.2. The van der Waals surface area contributed by atoms with Crippen LogP contribution < -0.4 is 10.5 Å². The Labute approximate surface area is 101 Å². The molecular weight excluding hydrogens is 274 g/mol. The van der Waals surface area contributed by atoms with E-state index in [0.717, 1.165) is 15.8 Å². The van der Waals surface area contributed by atoms with E-state index in [1.54, 1.807) is 0 Å². The zero-order valence-electron chi connectivity index (χ0n) is 8.39. The molecule has 2 aromatic rings. The summed E-state index contributed by atoms with van der Waals surface area (Å²) in [7, 11) is 0. The maximum Gasteiger partial charge on any atom is 0.213 e. The second-order valence-corrected chi connectivity index (χ2v) is 3.92. The molecule has 5 nitrogen and oxygen atoms in total. The number of ether oxygens (including phenoxy) is 1. The topological polar surface area (TPSA) is 74.2 Å². The van der Waals surface area contributed by atoms with E-state index in [9.17, 15) is 0 Å². The summed E-state index contributed by atoms with van der Waals surface area (Å²) in [6.45, 7) is 0.674. The molecule has 2 N–H and O–H groups in total. The second kappa shape index (κ2) is 5.09. The van der Waals surface area contributed by atoms with Crippen molar-refractivity contribution in [2.45, 2.75) is 13.2 Å². The number of nitrogens with two attached hydrogens (primary N) is 1. The van der Waals surface area contributed by atoms with Gasteiger partial charge in [0, 0.05) is 12.1 Å². The molecule has 0 aliphatic heterocycles. The molecule has 0 radical (unpaired) electrons. The predicted molar refractivity (Wildman–Crippen MR) is 60.7 cm³/mol. The average Bonchev–Trinajstić information content (AvgIpc) is 2.80. The summed E-state index contributed by atoms with van der Waals surface area (Å²) in [5.74, 6) is 1.22. The van der Waals surface area contributed by atoms with Crippen molar-refractivity contribution in [1.82, 2.24) is 10.1 Å². The summed E-state index contributed by atoms with van der Waals surface area (Å²) in [6, 6.07) is 5.72. The van der Waals surface area contributed by atoms with Gasteiger partial charge >= 0.3 is 0 Å². The van der Waals surface area contributed by atoms with E-state index in [4.69, 9.17) is 10.5 Å². The van der Waals surface area contributed by atoms with Crippen LogP contribution in [-0.2, 0) is 13.2 Å². The van der Waals surface area contributed by atoms with E-state index in [0.29, 0.717) is 12.4 Å². The zero-order valence-corrected chi connectivity index (χ0v) is 9.98. The van der Waals surface area contributed by atoms with Gasteiger partial charge in [-0.3, -0.25) is 0 Å². The van der Waals surface area contributed by atoms with Gasteiger partial charge in [0.1, 0.15) is 5.75 Å².